The maximum Gasteiger partial charge on any atom is 0.295 e. The molecule has 1 fully saturated rings. The first kappa shape index (κ1) is 27.6. The zero-order valence-corrected chi connectivity index (χ0v) is 23.9. The highest BCUT2D eigenvalue weighted by molar-refractivity contribution is 5.92. The average molecular weight is 575 g/mol. The maximum atomic E-state index is 14.4. The van der Waals surface area contributed by atoms with Crippen molar-refractivity contribution in [2.75, 3.05) is 24.4 Å². The van der Waals surface area contributed by atoms with Crippen molar-refractivity contribution in [2.24, 2.45) is 7.05 Å². The zero-order chi connectivity index (χ0) is 29.4. The van der Waals surface area contributed by atoms with Crippen LogP contribution in [0.2, 0.25) is 0 Å². The largest absolute Gasteiger partial charge is 0.494 e. The Morgan fingerprint density at radius 1 is 1.00 bits per heavy atom. The summed E-state index contributed by atoms with van der Waals surface area (Å²) in [6.45, 7) is 4.40. The van der Waals surface area contributed by atoms with Gasteiger partial charge in [-0.15, -0.1) is 0 Å². The molecule has 1 unspecified atom stereocenters. The predicted molar refractivity (Wildman–Crippen MR) is 157 cm³/mol. The standard InChI is InChI=1S/C30H32F2N8O2/c1-17-11-12-23(33-18(17)2)35-24-16-22(34-21-9-7-8-19(27(21)41-4)20-13-14-39(3)38-20)26-29(36-24)40(30(37-26)28(31)32)25-10-5-6-15-42-25/h7-9,11-14,16,25,28H,5-6,10,15H2,1-4H3,(H2,33,34,35,36). The molecule has 0 amide bonds. The molecule has 1 atom stereocenters. The third-order valence-electron chi connectivity index (χ3n) is 7.40. The SMILES string of the molecule is COc1c(Nc2cc(Nc3ccc(C)c(C)n3)nc3c2nc(C(F)F)n3C2CCCCO2)cccc1-c1ccn(C)n1. The summed E-state index contributed by atoms with van der Waals surface area (Å²) in [5, 5.41) is 11.2. The van der Waals surface area contributed by atoms with E-state index in [1.165, 1.54) is 4.57 Å². The Morgan fingerprint density at radius 3 is 2.55 bits per heavy atom. The number of fused-ring (bicyclic) bond motifs is 1. The zero-order valence-electron chi connectivity index (χ0n) is 23.9. The molecule has 218 valence electrons. The first-order chi connectivity index (χ1) is 20.3. The van der Waals surface area contributed by atoms with Crippen molar-refractivity contribution in [1.82, 2.24) is 29.3 Å². The number of benzene rings is 1. The number of alkyl halides is 2. The number of nitrogens with zero attached hydrogens (tertiary/aromatic N) is 6. The van der Waals surface area contributed by atoms with Crippen molar-refractivity contribution in [3.05, 3.63) is 65.7 Å². The molecule has 4 aromatic heterocycles. The fraction of sp³-hybridized carbons (Fsp3) is 0.333. The van der Waals surface area contributed by atoms with E-state index in [-0.39, 0.29) is 11.5 Å². The number of pyridine rings is 2. The first-order valence-corrected chi connectivity index (χ1v) is 13.8. The molecule has 5 aromatic rings. The second kappa shape index (κ2) is 11.4. The Labute approximate surface area is 241 Å². The molecule has 12 heteroatoms. The predicted octanol–water partition coefficient (Wildman–Crippen LogP) is 6.98. The van der Waals surface area contributed by atoms with E-state index in [1.54, 1.807) is 17.9 Å². The number of ether oxygens (including phenoxy) is 2. The molecular formula is C30H32F2N8O2. The van der Waals surface area contributed by atoms with Gasteiger partial charge in [0.05, 0.1) is 24.2 Å². The van der Waals surface area contributed by atoms with Crippen molar-refractivity contribution in [1.29, 1.82) is 0 Å². The molecule has 0 bridgehead atoms. The van der Waals surface area contributed by atoms with E-state index in [0.717, 1.165) is 35.4 Å². The molecule has 6 rings (SSSR count). The van der Waals surface area contributed by atoms with Crippen molar-refractivity contribution in [2.45, 2.75) is 45.8 Å². The quantitative estimate of drug-likeness (QED) is 0.205. The number of hydrogen-bond acceptors (Lipinski definition) is 8. The van der Waals surface area contributed by atoms with E-state index in [0.29, 0.717) is 47.3 Å². The van der Waals surface area contributed by atoms with Crippen LogP contribution in [-0.4, -0.2) is 43.0 Å². The molecule has 0 spiro atoms. The fourth-order valence-electron chi connectivity index (χ4n) is 5.20. The summed E-state index contributed by atoms with van der Waals surface area (Å²) in [6, 6.07) is 13.1. The smallest absolute Gasteiger partial charge is 0.295 e. The fourth-order valence-corrected chi connectivity index (χ4v) is 5.20. The van der Waals surface area contributed by atoms with Gasteiger partial charge in [0.15, 0.2) is 17.2 Å². The van der Waals surface area contributed by atoms with Gasteiger partial charge in [-0.2, -0.15) is 5.10 Å². The van der Waals surface area contributed by atoms with E-state index in [9.17, 15) is 8.78 Å². The summed E-state index contributed by atoms with van der Waals surface area (Å²) in [5.74, 6) is 1.16. The lowest BCUT2D eigenvalue weighted by Crippen LogP contribution is -2.20. The molecule has 5 heterocycles. The molecule has 10 nitrogen and oxygen atoms in total. The molecule has 1 saturated heterocycles. The van der Waals surface area contributed by atoms with Gasteiger partial charge in [-0.25, -0.2) is 23.7 Å². The van der Waals surface area contributed by atoms with E-state index in [1.807, 2.05) is 63.5 Å². The van der Waals surface area contributed by atoms with Gasteiger partial charge in [-0.3, -0.25) is 9.25 Å². The van der Waals surface area contributed by atoms with Crippen molar-refractivity contribution in [3.8, 4) is 17.0 Å². The molecule has 42 heavy (non-hydrogen) atoms. The normalized spacial score (nSPS) is 15.4. The monoisotopic (exact) mass is 574 g/mol. The van der Waals surface area contributed by atoms with Gasteiger partial charge < -0.3 is 20.1 Å². The van der Waals surface area contributed by atoms with E-state index >= 15 is 0 Å². The second-order valence-electron chi connectivity index (χ2n) is 10.3. The summed E-state index contributed by atoms with van der Waals surface area (Å²) in [6.07, 6.45) is 0.769. The van der Waals surface area contributed by atoms with Crippen LogP contribution in [0.5, 0.6) is 5.75 Å². The third-order valence-corrected chi connectivity index (χ3v) is 7.40. The van der Waals surface area contributed by atoms with Crippen molar-refractivity contribution < 1.29 is 18.3 Å². The van der Waals surface area contributed by atoms with Crippen LogP contribution in [-0.2, 0) is 11.8 Å². The van der Waals surface area contributed by atoms with Crippen LogP contribution in [0.4, 0.5) is 31.8 Å². The number of anilines is 4. The van der Waals surface area contributed by atoms with Gasteiger partial charge in [-0.1, -0.05) is 12.1 Å². The Hall–Kier alpha value is -4.58. The number of halogens is 2. The first-order valence-electron chi connectivity index (χ1n) is 13.8. The Balaban J connectivity index is 1.51. The number of rotatable bonds is 8. The Kier molecular flexibility index (Phi) is 7.46. The second-order valence-corrected chi connectivity index (χ2v) is 10.3. The molecular weight excluding hydrogens is 542 g/mol. The topological polar surface area (TPSA) is 104 Å². The minimum absolute atomic E-state index is 0.286. The lowest BCUT2D eigenvalue weighted by molar-refractivity contribution is -0.0363. The molecule has 1 aromatic carbocycles. The molecule has 0 aliphatic carbocycles. The van der Waals surface area contributed by atoms with Crippen LogP contribution in [0.3, 0.4) is 0 Å². The molecule has 0 saturated carbocycles. The van der Waals surface area contributed by atoms with E-state index in [2.05, 4.69) is 25.7 Å². The van der Waals surface area contributed by atoms with Gasteiger partial charge in [0.1, 0.15) is 23.4 Å². The van der Waals surface area contributed by atoms with Crippen LogP contribution >= 0.6 is 0 Å². The van der Waals surface area contributed by atoms with Gasteiger partial charge >= 0.3 is 0 Å². The molecule has 0 radical (unpaired) electrons. The number of para-hydroxylation sites is 1. The molecule has 1 aliphatic heterocycles. The number of imidazole rings is 1. The lowest BCUT2D eigenvalue weighted by atomic mass is 10.1. The highest BCUT2D eigenvalue weighted by Gasteiger charge is 2.29. The highest BCUT2D eigenvalue weighted by Crippen LogP contribution is 2.40. The van der Waals surface area contributed by atoms with Crippen molar-refractivity contribution in [3.63, 3.8) is 0 Å². The van der Waals surface area contributed by atoms with Crippen LogP contribution in [0.15, 0.2) is 48.7 Å². The Morgan fingerprint density at radius 2 is 1.86 bits per heavy atom. The van der Waals surface area contributed by atoms with Gasteiger partial charge in [-0.05, 0) is 62.9 Å². The van der Waals surface area contributed by atoms with E-state index < -0.39 is 12.7 Å². The number of methoxy groups -OCH3 is 1. The van der Waals surface area contributed by atoms with Crippen LogP contribution in [0.25, 0.3) is 22.4 Å². The third kappa shape index (κ3) is 5.25. The number of aryl methyl sites for hydroxylation is 3. The number of aromatic nitrogens is 6. The Bertz CT molecular complexity index is 1740. The minimum atomic E-state index is -2.82. The van der Waals surface area contributed by atoms with Gasteiger partial charge in [0.25, 0.3) is 6.43 Å². The maximum absolute atomic E-state index is 14.4. The molecule has 2 N–H and O–H groups in total. The average Bonchev–Trinajstić information content (AvgIpc) is 3.59. The van der Waals surface area contributed by atoms with Crippen LogP contribution in [0, 0.1) is 13.8 Å². The van der Waals surface area contributed by atoms with Crippen LogP contribution < -0.4 is 15.4 Å². The van der Waals surface area contributed by atoms with Gasteiger partial charge in [0.2, 0.25) is 0 Å². The molecule has 1 aliphatic rings. The summed E-state index contributed by atoms with van der Waals surface area (Å²) in [5.41, 5.74) is 5.11. The summed E-state index contributed by atoms with van der Waals surface area (Å²) >= 11 is 0. The lowest BCUT2D eigenvalue weighted by Gasteiger charge is -2.25. The summed E-state index contributed by atoms with van der Waals surface area (Å²) in [7, 11) is 3.43. The van der Waals surface area contributed by atoms with Gasteiger partial charge in [0, 0.05) is 37.2 Å². The summed E-state index contributed by atoms with van der Waals surface area (Å²) in [4.78, 5) is 13.8. The minimum Gasteiger partial charge on any atom is -0.494 e. The van der Waals surface area contributed by atoms with Crippen molar-refractivity contribution >= 4 is 34.2 Å². The number of nitrogens with one attached hydrogen (secondary N) is 2. The summed E-state index contributed by atoms with van der Waals surface area (Å²) < 4.78 is 43.8. The number of hydrogen-bond donors (Lipinski definition) is 2. The van der Waals surface area contributed by atoms with E-state index in [4.69, 9.17) is 14.5 Å². The van der Waals surface area contributed by atoms with Crippen LogP contribution in [0.1, 0.15) is 49.0 Å². The highest BCUT2D eigenvalue weighted by atomic mass is 19.3.